The third kappa shape index (κ3) is 4.84. The van der Waals surface area contributed by atoms with E-state index in [0.29, 0.717) is 19.7 Å². The molecule has 20 heavy (non-hydrogen) atoms. The van der Waals surface area contributed by atoms with Crippen molar-refractivity contribution < 1.29 is 9.53 Å². The first-order valence-electron chi connectivity index (χ1n) is 6.53. The van der Waals surface area contributed by atoms with Gasteiger partial charge in [-0.05, 0) is 23.3 Å². The normalized spacial score (nSPS) is 10.2. The maximum atomic E-state index is 10.1. The molecule has 0 spiro atoms. The lowest BCUT2D eigenvalue weighted by atomic mass is 10.2. The van der Waals surface area contributed by atoms with E-state index in [2.05, 4.69) is 10.9 Å². The fraction of sp³-hybridized carbons (Fsp3) is 0.188. The third-order valence-electron chi connectivity index (χ3n) is 2.77. The van der Waals surface area contributed by atoms with E-state index in [9.17, 15) is 4.79 Å². The van der Waals surface area contributed by atoms with Gasteiger partial charge in [0.1, 0.15) is 18.6 Å². The third-order valence-corrected chi connectivity index (χ3v) is 2.77. The predicted octanol–water partition coefficient (Wildman–Crippen LogP) is 2.06. The minimum atomic E-state index is 0.304. The van der Waals surface area contributed by atoms with Gasteiger partial charge in [0.25, 0.3) is 0 Å². The molecule has 104 valence electrons. The molecule has 2 N–H and O–H groups in total. The number of rotatable bonds is 8. The number of hydrogen-bond donors (Lipinski definition) is 2. The molecule has 0 fully saturated rings. The Kier molecular flexibility index (Phi) is 5.76. The second-order valence-corrected chi connectivity index (χ2v) is 4.32. The van der Waals surface area contributed by atoms with Gasteiger partial charge in [0.05, 0.1) is 6.54 Å². The maximum Gasteiger partial charge on any atom is 0.135 e. The standard InChI is InChI=1S/C16H18N2O2/c19-11-10-17-18-12-14-6-8-16(9-7-14)20-13-15-4-2-1-3-5-15/h1-9,11,17-18H,10,12-13H2. The highest BCUT2D eigenvalue weighted by atomic mass is 16.5. The van der Waals surface area contributed by atoms with E-state index in [4.69, 9.17) is 4.74 Å². The molecule has 0 amide bonds. The summed E-state index contributed by atoms with van der Waals surface area (Å²) >= 11 is 0. The zero-order chi connectivity index (χ0) is 14.0. The van der Waals surface area contributed by atoms with Crippen LogP contribution in [0.4, 0.5) is 0 Å². The highest BCUT2D eigenvalue weighted by Gasteiger charge is 1.97. The van der Waals surface area contributed by atoms with Gasteiger partial charge in [-0.3, -0.25) is 10.9 Å². The van der Waals surface area contributed by atoms with Gasteiger partial charge in [-0.1, -0.05) is 42.5 Å². The lowest BCUT2D eigenvalue weighted by Gasteiger charge is -2.08. The maximum absolute atomic E-state index is 10.1. The van der Waals surface area contributed by atoms with Gasteiger partial charge in [0.2, 0.25) is 0 Å². The summed E-state index contributed by atoms with van der Waals surface area (Å²) in [5.41, 5.74) is 8.02. The molecule has 0 saturated heterocycles. The SMILES string of the molecule is O=CCNNCc1ccc(OCc2ccccc2)cc1. The number of carbonyl (C=O) groups excluding carboxylic acids is 1. The molecule has 0 atom stereocenters. The monoisotopic (exact) mass is 270 g/mol. The number of hydrogen-bond acceptors (Lipinski definition) is 4. The van der Waals surface area contributed by atoms with Crippen molar-refractivity contribution in [2.75, 3.05) is 6.54 Å². The summed E-state index contributed by atoms with van der Waals surface area (Å²) in [5.74, 6) is 0.846. The Morgan fingerprint density at radius 3 is 2.35 bits per heavy atom. The van der Waals surface area contributed by atoms with Gasteiger partial charge in [-0.15, -0.1) is 0 Å². The summed E-state index contributed by atoms with van der Waals surface area (Å²) in [6, 6.07) is 17.9. The smallest absolute Gasteiger partial charge is 0.135 e. The molecule has 4 nitrogen and oxygen atoms in total. The number of hydrazine groups is 1. The molecule has 0 unspecified atom stereocenters. The average molecular weight is 270 g/mol. The van der Waals surface area contributed by atoms with Crippen LogP contribution >= 0.6 is 0 Å². The molecule has 0 bridgehead atoms. The highest BCUT2D eigenvalue weighted by Crippen LogP contribution is 2.14. The van der Waals surface area contributed by atoms with Crippen LogP contribution in [0.25, 0.3) is 0 Å². The molecule has 0 radical (unpaired) electrons. The summed E-state index contributed by atoms with van der Waals surface area (Å²) in [7, 11) is 0. The lowest BCUT2D eigenvalue weighted by molar-refractivity contribution is -0.107. The van der Waals surface area contributed by atoms with E-state index < -0.39 is 0 Å². The lowest BCUT2D eigenvalue weighted by Crippen LogP contribution is -2.32. The Morgan fingerprint density at radius 1 is 0.900 bits per heavy atom. The summed E-state index contributed by atoms with van der Waals surface area (Å²) in [6.45, 7) is 1.53. The minimum absolute atomic E-state index is 0.304. The van der Waals surface area contributed by atoms with Crippen LogP contribution < -0.4 is 15.6 Å². The van der Waals surface area contributed by atoms with Crippen molar-refractivity contribution in [2.24, 2.45) is 0 Å². The molecule has 0 aliphatic rings. The molecular weight excluding hydrogens is 252 g/mol. The Bertz CT molecular complexity index is 512. The van der Waals surface area contributed by atoms with Crippen molar-refractivity contribution >= 4 is 6.29 Å². The largest absolute Gasteiger partial charge is 0.489 e. The van der Waals surface area contributed by atoms with Gasteiger partial charge in [-0.2, -0.15) is 0 Å². The number of nitrogens with one attached hydrogen (secondary N) is 2. The molecule has 4 heteroatoms. The summed E-state index contributed by atoms with van der Waals surface area (Å²) in [6.07, 6.45) is 0.813. The van der Waals surface area contributed by atoms with Crippen molar-refractivity contribution in [1.82, 2.24) is 10.9 Å². The number of aldehydes is 1. The Hall–Kier alpha value is -2.17. The fourth-order valence-corrected chi connectivity index (χ4v) is 1.72. The first-order chi connectivity index (χ1) is 9.88. The minimum Gasteiger partial charge on any atom is -0.489 e. The molecule has 0 aliphatic heterocycles. The molecule has 0 saturated carbocycles. The van der Waals surface area contributed by atoms with Crippen LogP contribution in [0.2, 0.25) is 0 Å². The zero-order valence-corrected chi connectivity index (χ0v) is 11.2. The van der Waals surface area contributed by atoms with Crippen molar-refractivity contribution in [3.8, 4) is 5.75 Å². The summed E-state index contributed by atoms with van der Waals surface area (Å²) < 4.78 is 5.71. The van der Waals surface area contributed by atoms with Crippen molar-refractivity contribution in [2.45, 2.75) is 13.2 Å². The van der Waals surface area contributed by atoms with Crippen LogP contribution in [0.15, 0.2) is 54.6 Å². The molecule has 0 aromatic heterocycles. The van der Waals surface area contributed by atoms with Crippen molar-refractivity contribution in [3.63, 3.8) is 0 Å². The Morgan fingerprint density at radius 2 is 1.65 bits per heavy atom. The first kappa shape index (κ1) is 14.2. The van der Waals surface area contributed by atoms with E-state index in [0.717, 1.165) is 23.2 Å². The van der Waals surface area contributed by atoms with E-state index in [-0.39, 0.29) is 0 Å². The van der Waals surface area contributed by atoms with Gasteiger partial charge in [0.15, 0.2) is 0 Å². The Balaban J connectivity index is 1.78. The van der Waals surface area contributed by atoms with E-state index >= 15 is 0 Å². The second-order valence-electron chi connectivity index (χ2n) is 4.32. The van der Waals surface area contributed by atoms with Crippen LogP contribution in [0.3, 0.4) is 0 Å². The number of carbonyl (C=O) groups is 1. The molecule has 0 heterocycles. The second kappa shape index (κ2) is 8.09. The molecule has 0 aliphatic carbocycles. The summed E-state index contributed by atoms with van der Waals surface area (Å²) in [5, 5.41) is 0. The van der Waals surface area contributed by atoms with Crippen LogP contribution in [-0.2, 0) is 17.9 Å². The average Bonchev–Trinajstić information content (AvgIpc) is 2.52. The number of benzene rings is 2. The fourth-order valence-electron chi connectivity index (χ4n) is 1.72. The van der Waals surface area contributed by atoms with Crippen LogP contribution in [0, 0.1) is 0 Å². The number of ether oxygens (including phenoxy) is 1. The molecule has 2 aromatic rings. The van der Waals surface area contributed by atoms with Gasteiger partial charge >= 0.3 is 0 Å². The van der Waals surface area contributed by atoms with Gasteiger partial charge in [-0.25, -0.2) is 0 Å². The van der Waals surface area contributed by atoms with Crippen LogP contribution in [0.5, 0.6) is 5.75 Å². The highest BCUT2D eigenvalue weighted by molar-refractivity contribution is 5.51. The van der Waals surface area contributed by atoms with Crippen LogP contribution in [-0.4, -0.2) is 12.8 Å². The molecular formula is C16H18N2O2. The van der Waals surface area contributed by atoms with E-state index in [1.807, 2.05) is 54.6 Å². The van der Waals surface area contributed by atoms with Crippen molar-refractivity contribution in [3.05, 3.63) is 65.7 Å². The van der Waals surface area contributed by atoms with Gasteiger partial charge < -0.3 is 9.53 Å². The topological polar surface area (TPSA) is 50.4 Å². The van der Waals surface area contributed by atoms with Gasteiger partial charge in [0, 0.05) is 6.54 Å². The summed E-state index contributed by atoms with van der Waals surface area (Å²) in [4.78, 5) is 10.1. The molecule has 2 rings (SSSR count). The van der Waals surface area contributed by atoms with E-state index in [1.165, 1.54) is 0 Å². The quantitative estimate of drug-likeness (QED) is 0.438. The van der Waals surface area contributed by atoms with E-state index in [1.54, 1.807) is 0 Å². The first-order valence-corrected chi connectivity index (χ1v) is 6.53. The molecule has 2 aromatic carbocycles. The van der Waals surface area contributed by atoms with Crippen LogP contribution in [0.1, 0.15) is 11.1 Å². The zero-order valence-electron chi connectivity index (χ0n) is 11.2. The predicted molar refractivity (Wildman–Crippen MR) is 78.1 cm³/mol. The Labute approximate surface area is 118 Å². The van der Waals surface area contributed by atoms with Crippen molar-refractivity contribution in [1.29, 1.82) is 0 Å².